The van der Waals surface area contributed by atoms with Crippen LogP contribution in [0.5, 0.6) is 0 Å². The molecule has 6 heteroatoms. The van der Waals surface area contributed by atoms with E-state index in [0.717, 1.165) is 29.6 Å². The molecule has 0 aromatic heterocycles. The Morgan fingerprint density at radius 1 is 1.19 bits per heavy atom. The largest absolute Gasteiger partial charge is 0.481 e. The molecular formula is C20H21F2NO2S. The van der Waals surface area contributed by atoms with Crippen molar-refractivity contribution >= 4 is 23.4 Å². The molecule has 2 aromatic rings. The van der Waals surface area contributed by atoms with Gasteiger partial charge in [-0.1, -0.05) is 18.2 Å². The maximum Gasteiger partial charge on any atom is 0.303 e. The number of halogens is 2. The molecule has 1 saturated carbocycles. The van der Waals surface area contributed by atoms with Gasteiger partial charge in [-0.3, -0.25) is 4.79 Å². The number of carboxylic acid groups (broad SMARTS) is 1. The first-order valence-corrected chi connectivity index (χ1v) is 9.70. The van der Waals surface area contributed by atoms with Gasteiger partial charge in [-0.2, -0.15) is 0 Å². The average Bonchev–Trinajstić information content (AvgIpc) is 3.43. The molecule has 0 heterocycles. The van der Waals surface area contributed by atoms with Gasteiger partial charge in [-0.05, 0) is 54.7 Å². The molecular weight excluding hydrogens is 356 g/mol. The summed E-state index contributed by atoms with van der Waals surface area (Å²) in [7, 11) is 0. The third-order valence-electron chi connectivity index (χ3n) is 4.30. The van der Waals surface area contributed by atoms with Crippen LogP contribution in [0.4, 0.5) is 14.5 Å². The Kier molecular flexibility index (Phi) is 6.14. The number of hydrogen-bond donors (Lipinski definition) is 2. The number of hydrogen-bond acceptors (Lipinski definition) is 3. The molecule has 0 unspecified atom stereocenters. The molecule has 26 heavy (non-hydrogen) atoms. The number of rotatable bonds is 9. The van der Waals surface area contributed by atoms with Gasteiger partial charge in [0.2, 0.25) is 0 Å². The molecule has 0 atom stereocenters. The number of nitrogens with one attached hydrogen (secondary N) is 1. The zero-order valence-corrected chi connectivity index (χ0v) is 15.1. The minimum Gasteiger partial charge on any atom is -0.481 e. The van der Waals surface area contributed by atoms with Gasteiger partial charge >= 0.3 is 5.97 Å². The topological polar surface area (TPSA) is 49.3 Å². The predicted molar refractivity (Wildman–Crippen MR) is 101 cm³/mol. The number of thioether (sulfide) groups is 1. The molecule has 3 nitrogen and oxygen atoms in total. The van der Waals surface area contributed by atoms with E-state index in [1.165, 1.54) is 25.0 Å². The molecule has 0 saturated heterocycles. The van der Waals surface area contributed by atoms with Crippen LogP contribution in [0.25, 0.3) is 11.1 Å². The number of anilines is 1. The number of para-hydroxylation sites is 1. The Hall–Kier alpha value is -2.08. The van der Waals surface area contributed by atoms with Crippen LogP contribution in [-0.2, 0) is 4.79 Å². The summed E-state index contributed by atoms with van der Waals surface area (Å²) in [6, 6.07) is 10.2. The van der Waals surface area contributed by atoms with Crippen molar-refractivity contribution in [2.45, 2.75) is 30.6 Å². The normalized spacial score (nSPS) is 13.6. The van der Waals surface area contributed by atoms with Gasteiger partial charge in [0.1, 0.15) is 11.6 Å². The van der Waals surface area contributed by atoms with Gasteiger partial charge < -0.3 is 10.4 Å². The summed E-state index contributed by atoms with van der Waals surface area (Å²) in [6.45, 7) is 0.874. The molecule has 2 N–H and O–H groups in total. The van der Waals surface area contributed by atoms with Crippen LogP contribution in [0, 0.1) is 17.6 Å². The van der Waals surface area contributed by atoms with Gasteiger partial charge in [-0.25, -0.2) is 8.78 Å². The van der Waals surface area contributed by atoms with Crippen LogP contribution in [0.2, 0.25) is 0 Å². The van der Waals surface area contributed by atoms with E-state index in [2.05, 4.69) is 5.32 Å². The second-order valence-electron chi connectivity index (χ2n) is 6.48. The standard InChI is InChI=1S/C20H21F2NO2S/c21-16-10-14(11-17(22)20(16)26-9-3-6-19(24)25)15-4-1-2-5-18(15)23-12-13-7-8-13/h1-2,4-5,10-11,13,23H,3,6-9,12H2,(H,24,25). The highest BCUT2D eigenvalue weighted by atomic mass is 32.2. The van der Waals surface area contributed by atoms with E-state index < -0.39 is 17.6 Å². The van der Waals surface area contributed by atoms with E-state index in [0.29, 0.717) is 23.7 Å². The quantitative estimate of drug-likeness (QED) is 0.453. The van der Waals surface area contributed by atoms with Crippen molar-refractivity contribution < 1.29 is 18.7 Å². The van der Waals surface area contributed by atoms with E-state index in [9.17, 15) is 13.6 Å². The summed E-state index contributed by atoms with van der Waals surface area (Å²) in [6.07, 6.45) is 2.82. The van der Waals surface area contributed by atoms with Crippen molar-refractivity contribution in [3.63, 3.8) is 0 Å². The van der Waals surface area contributed by atoms with Gasteiger partial charge in [0.25, 0.3) is 0 Å². The lowest BCUT2D eigenvalue weighted by Crippen LogP contribution is -2.04. The molecule has 0 amide bonds. The Morgan fingerprint density at radius 2 is 1.88 bits per heavy atom. The second-order valence-corrected chi connectivity index (χ2v) is 7.59. The van der Waals surface area contributed by atoms with Crippen molar-refractivity contribution in [1.29, 1.82) is 0 Å². The number of benzene rings is 2. The smallest absolute Gasteiger partial charge is 0.303 e. The van der Waals surface area contributed by atoms with Crippen LogP contribution in [0.1, 0.15) is 25.7 Å². The first-order chi connectivity index (χ1) is 12.5. The summed E-state index contributed by atoms with van der Waals surface area (Å²) < 4.78 is 28.9. The maximum atomic E-state index is 14.4. The molecule has 3 rings (SSSR count). The van der Waals surface area contributed by atoms with Crippen LogP contribution < -0.4 is 5.32 Å². The van der Waals surface area contributed by atoms with Gasteiger partial charge in [0.05, 0.1) is 4.90 Å². The molecule has 0 spiro atoms. The zero-order valence-electron chi connectivity index (χ0n) is 14.3. The van der Waals surface area contributed by atoms with E-state index in [1.54, 1.807) is 0 Å². The van der Waals surface area contributed by atoms with E-state index in [-0.39, 0.29) is 11.3 Å². The molecule has 1 aliphatic rings. The second kappa shape index (κ2) is 8.54. The van der Waals surface area contributed by atoms with Gasteiger partial charge in [-0.15, -0.1) is 11.8 Å². The summed E-state index contributed by atoms with van der Waals surface area (Å²) in [5.74, 6) is -1.08. The number of carbonyl (C=O) groups is 1. The highest BCUT2D eigenvalue weighted by Gasteiger charge is 2.21. The Balaban J connectivity index is 1.75. The lowest BCUT2D eigenvalue weighted by molar-refractivity contribution is -0.137. The highest BCUT2D eigenvalue weighted by molar-refractivity contribution is 7.99. The van der Waals surface area contributed by atoms with Crippen molar-refractivity contribution in [3.05, 3.63) is 48.0 Å². The molecule has 0 radical (unpaired) electrons. The maximum absolute atomic E-state index is 14.4. The first-order valence-electron chi connectivity index (χ1n) is 8.71. The highest BCUT2D eigenvalue weighted by Crippen LogP contribution is 2.35. The number of carboxylic acids is 1. The van der Waals surface area contributed by atoms with Crippen LogP contribution in [-0.4, -0.2) is 23.4 Å². The number of aliphatic carboxylic acids is 1. The van der Waals surface area contributed by atoms with Crippen LogP contribution in [0.15, 0.2) is 41.3 Å². The molecule has 0 aliphatic heterocycles. The minimum absolute atomic E-state index is 0.00559. The Labute approximate surface area is 155 Å². The monoisotopic (exact) mass is 377 g/mol. The Morgan fingerprint density at radius 3 is 2.54 bits per heavy atom. The van der Waals surface area contributed by atoms with Crippen molar-refractivity contribution in [2.24, 2.45) is 5.92 Å². The fourth-order valence-electron chi connectivity index (χ4n) is 2.72. The summed E-state index contributed by atoms with van der Waals surface area (Å²) in [5, 5.41) is 12.0. The SMILES string of the molecule is O=C(O)CCCSc1c(F)cc(-c2ccccc2NCC2CC2)cc1F. The van der Waals surface area contributed by atoms with E-state index >= 15 is 0 Å². The minimum atomic E-state index is -0.905. The van der Waals surface area contributed by atoms with Gasteiger partial charge in [0.15, 0.2) is 0 Å². The molecule has 0 bridgehead atoms. The lowest BCUT2D eigenvalue weighted by atomic mass is 10.0. The summed E-state index contributed by atoms with van der Waals surface area (Å²) in [4.78, 5) is 10.5. The van der Waals surface area contributed by atoms with Crippen molar-refractivity contribution in [3.8, 4) is 11.1 Å². The third kappa shape index (κ3) is 4.97. The van der Waals surface area contributed by atoms with E-state index in [4.69, 9.17) is 5.11 Å². The summed E-state index contributed by atoms with van der Waals surface area (Å²) in [5.41, 5.74) is 2.14. The first kappa shape index (κ1) is 18.7. The molecule has 1 fully saturated rings. The third-order valence-corrected chi connectivity index (χ3v) is 5.47. The lowest BCUT2D eigenvalue weighted by Gasteiger charge is -2.13. The van der Waals surface area contributed by atoms with Crippen LogP contribution in [0.3, 0.4) is 0 Å². The summed E-state index contributed by atoms with van der Waals surface area (Å²) >= 11 is 1.02. The predicted octanol–water partition coefficient (Wildman–Crippen LogP) is 5.41. The van der Waals surface area contributed by atoms with Crippen molar-refractivity contribution in [1.82, 2.24) is 0 Å². The Bertz CT molecular complexity index is 770. The van der Waals surface area contributed by atoms with Gasteiger partial charge in [0, 0.05) is 24.2 Å². The van der Waals surface area contributed by atoms with Crippen LogP contribution >= 0.6 is 11.8 Å². The van der Waals surface area contributed by atoms with Crippen molar-refractivity contribution in [2.75, 3.05) is 17.6 Å². The van der Waals surface area contributed by atoms with E-state index in [1.807, 2.05) is 24.3 Å². The average molecular weight is 377 g/mol. The molecule has 138 valence electrons. The fraction of sp³-hybridized carbons (Fsp3) is 0.350. The molecule has 2 aromatic carbocycles. The molecule has 1 aliphatic carbocycles. The fourth-order valence-corrected chi connectivity index (χ4v) is 3.60. The zero-order chi connectivity index (χ0) is 18.5.